The number of likely N-dealkylation sites (N-methyl/N-ethyl adjacent to an activating group) is 1. The molecule has 2 aliphatic rings. The van der Waals surface area contributed by atoms with Crippen molar-refractivity contribution in [1.29, 1.82) is 0 Å². The molecule has 2 aromatic carbocycles. The molecule has 1 N–H and O–H groups in total. The Morgan fingerprint density at radius 3 is 2.73 bits per heavy atom. The van der Waals surface area contributed by atoms with Gasteiger partial charge in [0.2, 0.25) is 0 Å². The lowest BCUT2D eigenvalue weighted by atomic mass is 10.00. The molecular formula is C30H32N4O2S. The maximum absolute atomic E-state index is 14.1. The molecular weight excluding hydrogens is 480 g/mol. The molecule has 37 heavy (non-hydrogen) atoms. The molecule has 1 atom stereocenters. The lowest BCUT2D eigenvalue weighted by Gasteiger charge is -2.32. The van der Waals surface area contributed by atoms with Gasteiger partial charge in [-0.3, -0.25) is 0 Å². The second kappa shape index (κ2) is 9.39. The molecule has 4 heterocycles. The molecule has 0 saturated carbocycles. The molecule has 6 rings (SSSR count). The van der Waals surface area contributed by atoms with E-state index in [2.05, 4.69) is 59.2 Å². The van der Waals surface area contributed by atoms with Crippen LogP contribution in [0, 0.1) is 13.8 Å². The normalized spacial score (nSPS) is 17.0. The van der Waals surface area contributed by atoms with E-state index < -0.39 is 0 Å². The molecule has 2 aliphatic heterocycles. The number of aromatic nitrogens is 1. The fourth-order valence-electron chi connectivity index (χ4n) is 5.66. The predicted octanol–water partition coefficient (Wildman–Crippen LogP) is 6.29. The van der Waals surface area contributed by atoms with Gasteiger partial charge in [-0.05, 0) is 74.3 Å². The summed E-state index contributed by atoms with van der Waals surface area (Å²) in [6, 6.07) is 18.1. The topological polar surface area (TPSA) is 49.7 Å². The summed E-state index contributed by atoms with van der Waals surface area (Å²) in [5, 5.41) is 4.47. The highest BCUT2D eigenvalue weighted by Crippen LogP contribution is 2.44. The Morgan fingerprint density at radius 2 is 1.92 bits per heavy atom. The fourth-order valence-corrected chi connectivity index (χ4v) is 7.10. The fraction of sp³-hybridized carbons (Fsp3) is 0.300. The number of nitrogens with one attached hydrogen (secondary N) is 1. The lowest BCUT2D eigenvalue weighted by molar-refractivity contribution is 0.194. The molecule has 0 spiro atoms. The Kier molecular flexibility index (Phi) is 6.05. The summed E-state index contributed by atoms with van der Waals surface area (Å²) in [4.78, 5) is 19.9. The summed E-state index contributed by atoms with van der Waals surface area (Å²) in [7, 11) is 3.86. The SMILES string of the molecule is COc1cccc(C2c3cccn3-c3sc4c(c3CN2C(=O)Nc2ccc(C)cc2C)CCN(C)C4)c1. The van der Waals surface area contributed by atoms with Crippen LogP contribution in [-0.2, 0) is 19.5 Å². The molecule has 1 unspecified atom stereocenters. The van der Waals surface area contributed by atoms with E-state index >= 15 is 0 Å². The van der Waals surface area contributed by atoms with E-state index in [1.54, 1.807) is 7.11 Å². The van der Waals surface area contributed by atoms with E-state index in [0.29, 0.717) is 6.54 Å². The molecule has 0 fully saturated rings. The van der Waals surface area contributed by atoms with Gasteiger partial charge >= 0.3 is 6.03 Å². The van der Waals surface area contributed by atoms with Crippen molar-refractivity contribution < 1.29 is 9.53 Å². The van der Waals surface area contributed by atoms with Crippen LogP contribution in [0.15, 0.2) is 60.8 Å². The number of anilines is 1. The van der Waals surface area contributed by atoms with Gasteiger partial charge in [-0.1, -0.05) is 29.8 Å². The highest BCUT2D eigenvalue weighted by molar-refractivity contribution is 7.15. The van der Waals surface area contributed by atoms with Crippen molar-refractivity contribution in [2.75, 3.05) is 26.0 Å². The number of aryl methyl sites for hydroxylation is 2. The van der Waals surface area contributed by atoms with Crippen LogP contribution in [0.4, 0.5) is 10.5 Å². The smallest absolute Gasteiger partial charge is 0.322 e. The zero-order valence-electron chi connectivity index (χ0n) is 21.7. The number of benzene rings is 2. The van der Waals surface area contributed by atoms with Gasteiger partial charge in [-0.25, -0.2) is 4.79 Å². The summed E-state index contributed by atoms with van der Waals surface area (Å²) < 4.78 is 7.87. The second-order valence-electron chi connectivity index (χ2n) is 10.1. The van der Waals surface area contributed by atoms with Crippen LogP contribution in [0.5, 0.6) is 5.75 Å². The molecule has 190 valence electrons. The Bertz CT molecular complexity index is 1490. The van der Waals surface area contributed by atoms with Crippen molar-refractivity contribution in [3.8, 4) is 10.8 Å². The van der Waals surface area contributed by atoms with Gasteiger partial charge in [0, 0.05) is 35.4 Å². The molecule has 0 aliphatic carbocycles. The van der Waals surface area contributed by atoms with Crippen molar-refractivity contribution in [1.82, 2.24) is 14.4 Å². The summed E-state index contributed by atoms with van der Waals surface area (Å²) >= 11 is 1.87. The lowest BCUT2D eigenvalue weighted by Crippen LogP contribution is -2.38. The molecule has 6 nitrogen and oxygen atoms in total. The van der Waals surface area contributed by atoms with Crippen LogP contribution in [0.1, 0.15) is 44.4 Å². The Morgan fingerprint density at radius 1 is 1.05 bits per heavy atom. The number of carbonyl (C=O) groups is 1. The minimum absolute atomic E-state index is 0.103. The first kappa shape index (κ1) is 23.8. The van der Waals surface area contributed by atoms with Crippen molar-refractivity contribution in [3.63, 3.8) is 0 Å². The zero-order valence-corrected chi connectivity index (χ0v) is 22.6. The molecule has 2 aromatic heterocycles. The van der Waals surface area contributed by atoms with E-state index in [-0.39, 0.29) is 12.1 Å². The summed E-state index contributed by atoms with van der Waals surface area (Å²) in [6.07, 6.45) is 3.14. The minimum Gasteiger partial charge on any atom is -0.497 e. The van der Waals surface area contributed by atoms with E-state index in [1.807, 2.05) is 53.5 Å². The molecule has 0 saturated heterocycles. The highest BCUT2D eigenvalue weighted by Gasteiger charge is 2.36. The van der Waals surface area contributed by atoms with Crippen LogP contribution in [-0.4, -0.2) is 41.1 Å². The quantitative estimate of drug-likeness (QED) is 0.351. The van der Waals surface area contributed by atoms with E-state index in [9.17, 15) is 4.79 Å². The summed E-state index contributed by atoms with van der Waals surface area (Å²) in [5.41, 5.74) is 7.86. The monoisotopic (exact) mass is 512 g/mol. The van der Waals surface area contributed by atoms with Crippen LogP contribution in [0.2, 0.25) is 0 Å². The summed E-state index contributed by atoms with van der Waals surface area (Å²) in [6.45, 7) is 6.64. The minimum atomic E-state index is -0.266. The molecule has 4 aromatic rings. The first-order valence-electron chi connectivity index (χ1n) is 12.7. The average Bonchev–Trinajstić information content (AvgIpc) is 3.47. The molecule has 0 bridgehead atoms. The number of thiophene rings is 1. The van der Waals surface area contributed by atoms with Crippen molar-refractivity contribution in [2.45, 2.75) is 39.4 Å². The van der Waals surface area contributed by atoms with Gasteiger partial charge in [0.1, 0.15) is 10.8 Å². The number of rotatable bonds is 3. The first-order valence-corrected chi connectivity index (χ1v) is 13.5. The van der Waals surface area contributed by atoms with Crippen LogP contribution >= 0.6 is 11.3 Å². The van der Waals surface area contributed by atoms with Crippen LogP contribution in [0.3, 0.4) is 0 Å². The Hall–Kier alpha value is -3.55. The number of urea groups is 1. The van der Waals surface area contributed by atoms with E-state index in [1.165, 1.54) is 26.6 Å². The van der Waals surface area contributed by atoms with Crippen LogP contribution in [0.25, 0.3) is 5.00 Å². The first-order chi connectivity index (χ1) is 17.9. The summed E-state index contributed by atoms with van der Waals surface area (Å²) in [5.74, 6) is 0.782. The predicted molar refractivity (Wildman–Crippen MR) is 149 cm³/mol. The van der Waals surface area contributed by atoms with Crippen LogP contribution < -0.4 is 10.1 Å². The Labute approximate surface area is 222 Å². The van der Waals surface area contributed by atoms with Gasteiger partial charge in [-0.15, -0.1) is 11.3 Å². The number of nitrogens with zero attached hydrogens (tertiary/aromatic N) is 3. The third kappa shape index (κ3) is 4.22. The molecule has 7 heteroatoms. The second-order valence-corrected chi connectivity index (χ2v) is 11.2. The number of carbonyl (C=O) groups excluding carboxylic acids is 1. The number of hydrogen-bond acceptors (Lipinski definition) is 4. The largest absolute Gasteiger partial charge is 0.497 e. The maximum atomic E-state index is 14.1. The number of ether oxygens (including phenoxy) is 1. The third-order valence-corrected chi connectivity index (χ3v) is 8.81. The van der Waals surface area contributed by atoms with Gasteiger partial charge in [-0.2, -0.15) is 0 Å². The van der Waals surface area contributed by atoms with E-state index in [4.69, 9.17) is 4.74 Å². The highest BCUT2D eigenvalue weighted by atomic mass is 32.1. The molecule has 2 amide bonds. The van der Waals surface area contributed by atoms with Crippen molar-refractivity contribution in [2.24, 2.45) is 0 Å². The average molecular weight is 513 g/mol. The maximum Gasteiger partial charge on any atom is 0.322 e. The zero-order chi connectivity index (χ0) is 25.7. The standard InChI is InChI=1S/C30H32N4O2S/c1-19-10-11-25(20(2)15-19)31-30(35)34-17-24-23-12-14-32(3)18-27(23)37-29(24)33-13-6-9-26(33)28(34)21-7-5-8-22(16-21)36-4/h5-11,13,15-16,28H,12,14,17-18H2,1-4H3,(H,31,35). The van der Waals surface area contributed by atoms with Gasteiger partial charge in [0.25, 0.3) is 0 Å². The van der Waals surface area contributed by atoms with Gasteiger partial charge in [0.15, 0.2) is 0 Å². The number of amides is 2. The van der Waals surface area contributed by atoms with E-state index in [0.717, 1.165) is 47.8 Å². The molecule has 0 radical (unpaired) electrons. The third-order valence-electron chi connectivity index (χ3n) is 7.55. The van der Waals surface area contributed by atoms with Gasteiger partial charge < -0.3 is 24.4 Å². The number of fused-ring (bicyclic) bond motifs is 5. The number of hydrogen-bond donors (Lipinski definition) is 1. The van der Waals surface area contributed by atoms with Gasteiger partial charge in [0.05, 0.1) is 25.4 Å². The Balaban J connectivity index is 1.50. The number of methoxy groups -OCH3 is 1. The van der Waals surface area contributed by atoms with Crippen molar-refractivity contribution >= 4 is 23.1 Å². The van der Waals surface area contributed by atoms with Crippen molar-refractivity contribution in [3.05, 3.63) is 99.2 Å².